The molecule has 3 aliphatic rings. The molecule has 1 aromatic rings. The van der Waals surface area contributed by atoms with Gasteiger partial charge in [-0.25, -0.2) is 0 Å². The Balaban J connectivity index is 1.43. The number of benzene rings is 1. The predicted molar refractivity (Wildman–Crippen MR) is 101 cm³/mol. The lowest BCUT2D eigenvalue weighted by Crippen LogP contribution is -2.51. The Labute approximate surface area is 159 Å². The van der Waals surface area contributed by atoms with Gasteiger partial charge < -0.3 is 14.7 Å². The highest BCUT2D eigenvalue weighted by Crippen LogP contribution is 2.34. The summed E-state index contributed by atoms with van der Waals surface area (Å²) in [6.45, 7) is 3.89. The Kier molecular flexibility index (Phi) is 4.72. The molecule has 0 bridgehead atoms. The first-order valence-corrected chi connectivity index (χ1v) is 9.67. The summed E-state index contributed by atoms with van der Waals surface area (Å²) in [5, 5.41) is 0. The maximum atomic E-state index is 12.9. The van der Waals surface area contributed by atoms with Crippen LogP contribution in [0, 0.1) is 5.92 Å². The maximum Gasteiger partial charge on any atom is 0.225 e. The van der Waals surface area contributed by atoms with Crippen molar-refractivity contribution in [1.29, 1.82) is 0 Å². The van der Waals surface area contributed by atoms with Crippen molar-refractivity contribution in [3.63, 3.8) is 0 Å². The van der Waals surface area contributed by atoms with E-state index in [0.29, 0.717) is 26.2 Å². The molecule has 1 aliphatic carbocycles. The molecular weight excluding hydrogens is 342 g/mol. The minimum atomic E-state index is -0.276. The SMILES string of the molecule is CC(=O)N1C=Cc2ccccc2[C@H]1CC(=O)N1CCN(C(=O)C2CC2)CC1. The molecule has 1 aromatic carbocycles. The molecule has 0 aromatic heterocycles. The quantitative estimate of drug-likeness (QED) is 0.821. The van der Waals surface area contributed by atoms with Gasteiger partial charge in [0, 0.05) is 45.2 Å². The van der Waals surface area contributed by atoms with E-state index in [-0.39, 0.29) is 36.1 Å². The summed E-state index contributed by atoms with van der Waals surface area (Å²) in [7, 11) is 0. The second kappa shape index (κ2) is 7.18. The van der Waals surface area contributed by atoms with Crippen LogP contribution in [0.25, 0.3) is 6.08 Å². The van der Waals surface area contributed by atoms with E-state index in [4.69, 9.17) is 0 Å². The average Bonchev–Trinajstić information content (AvgIpc) is 3.53. The first-order chi connectivity index (χ1) is 13.0. The van der Waals surface area contributed by atoms with E-state index >= 15 is 0 Å². The molecule has 1 saturated heterocycles. The third-order valence-corrected chi connectivity index (χ3v) is 5.71. The molecule has 0 N–H and O–H groups in total. The lowest BCUT2D eigenvalue weighted by Gasteiger charge is -2.37. The first kappa shape index (κ1) is 17.8. The van der Waals surface area contributed by atoms with Crippen LogP contribution in [0.15, 0.2) is 30.5 Å². The molecule has 3 amide bonds. The predicted octanol–water partition coefficient (Wildman–Crippen LogP) is 2.03. The van der Waals surface area contributed by atoms with Crippen molar-refractivity contribution in [2.24, 2.45) is 5.92 Å². The Bertz CT molecular complexity index is 792. The van der Waals surface area contributed by atoms with E-state index in [0.717, 1.165) is 24.0 Å². The van der Waals surface area contributed by atoms with Crippen LogP contribution in [0.5, 0.6) is 0 Å². The molecule has 2 fully saturated rings. The van der Waals surface area contributed by atoms with Gasteiger partial charge in [-0.1, -0.05) is 24.3 Å². The second-order valence-electron chi connectivity index (χ2n) is 7.57. The summed E-state index contributed by atoms with van der Waals surface area (Å²) < 4.78 is 0. The van der Waals surface area contributed by atoms with Crippen molar-refractivity contribution in [3.8, 4) is 0 Å². The van der Waals surface area contributed by atoms with Crippen molar-refractivity contribution >= 4 is 23.8 Å². The van der Waals surface area contributed by atoms with Crippen LogP contribution in [-0.4, -0.2) is 58.6 Å². The van der Waals surface area contributed by atoms with E-state index in [1.807, 2.05) is 40.1 Å². The van der Waals surface area contributed by atoms with E-state index in [1.54, 1.807) is 11.1 Å². The minimum Gasteiger partial charge on any atom is -0.339 e. The third-order valence-electron chi connectivity index (χ3n) is 5.71. The Morgan fingerprint density at radius 3 is 2.33 bits per heavy atom. The number of nitrogens with zero attached hydrogens (tertiary/aromatic N) is 3. The van der Waals surface area contributed by atoms with Gasteiger partial charge in [-0.3, -0.25) is 14.4 Å². The first-order valence-electron chi connectivity index (χ1n) is 9.67. The zero-order chi connectivity index (χ0) is 19.0. The van der Waals surface area contributed by atoms with Crippen LogP contribution in [-0.2, 0) is 14.4 Å². The van der Waals surface area contributed by atoms with Crippen LogP contribution in [0.3, 0.4) is 0 Å². The second-order valence-corrected chi connectivity index (χ2v) is 7.57. The van der Waals surface area contributed by atoms with E-state index in [9.17, 15) is 14.4 Å². The third kappa shape index (κ3) is 3.61. The number of fused-ring (bicyclic) bond motifs is 1. The minimum absolute atomic E-state index is 0.0369. The number of hydrogen-bond acceptors (Lipinski definition) is 3. The fourth-order valence-corrected chi connectivity index (χ4v) is 3.97. The van der Waals surface area contributed by atoms with Gasteiger partial charge in [0.25, 0.3) is 0 Å². The fourth-order valence-electron chi connectivity index (χ4n) is 3.97. The summed E-state index contributed by atoms with van der Waals surface area (Å²) in [6, 6.07) is 7.61. The molecule has 1 atom stereocenters. The number of carbonyl (C=O) groups excluding carboxylic acids is 3. The van der Waals surface area contributed by atoms with Crippen LogP contribution in [0.1, 0.15) is 43.4 Å². The molecule has 4 rings (SSSR count). The van der Waals surface area contributed by atoms with E-state index in [1.165, 1.54) is 6.92 Å². The monoisotopic (exact) mass is 367 g/mol. The smallest absolute Gasteiger partial charge is 0.225 e. The molecule has 2 heterocycles. The highest BCUT2D eigenvalue weighted by atomic mass is 16.2. The van der Waals surface area contributed by atoms with Crippen LogP contribution in [0.4, 0.5) is 0 Å². The van der Waals surface area contributed by atoms with Gasteiger partial charge in [0.1, 0.15) is 0 Å². The van der Waals surface area contributed by atoms with Gasteiger partial charge in [-0.2, -0.15) is 0 Å². The summed E-state index contributed by atoms with van der Waals surface area (Å²) in [6.07, 6.45) is 5.97. The summed E-state index contributed by atoms with van der Waals surface area (Å²) >= 11 is 0. The zero-order valence-electron chi connectivity index (χ0n) is 15.6. The van der Waals surface area contributed by atoms with Crippen molar-refractivity contribution in [1.82, 2.24) is 14.7 Å². The summed E-state index contributed by atoms with van der Waals surface area (Å²) in [5.41, 5.74) is 2.05. The highest BCUT2D eigenvalue weighted by Gasteiger charge is 2.36. The normalized spacial score (nSPS) is 21.8. The average molecular weight is 367 g/mol. The molecule has 0 unspecified atom stereocenters. The topological polar surface area (TPSA) is 60.9 Å². The molecule has 0 spiro atoms. The molecular formula is C21H25N3O3. The maximum absolute atomic E-state index is 12.9. The highest BCUT2D eigenvalue weighted by molar-refractivity contribution is 5.83. The molecule has 27 heavy (non-hydrogen) atoms. The van der Waals surface area contributed by atoms with Crippen LogP contribution < -0.4 is 0 Å². The van der Waals surface area contributed by atoms with E-state index < -0.39 is 0 Å². The Morgan fingerprint density at radius 1 is 1.00 bits per heavy atom. The van der Waals surface area contributed by atoms with Gasteiger partial charge in [-0.05, 0) is 30.0 Å². The van der Waals surface area contributed by atoms with Gasteiger partial charge in [0.05, 0.1) is 12.5 Å². The van der Waals surface area contributed by atoms with Crippen molar-refractivity contribution in [2.75, 3.05) is 26.2 Å². The zero-order valence-corrected chi connectivity index (χ0v) is 15.6. The van der Waals surface area contributed by atoms with Crippen LogP contribution in [0.2, 0.25) is 0 Å². The van der Waals surface area contributed by atoms with Gasteiger partial charge in [0.15, 0.2) is 0 Å². The molecule has 0 radical (unpaired) electrons. The van der Waals surface area contributed by atoms with Crippen molar-refractivity contribution in [2.45, 2.75) is 32.2 Å². The van der Waals surface area contributed by atoms with Crippen molar-refractivity contribution in [3.05, 3.63) is 41.6 Å². The van der Waals surface area contributed by atoms with Gasteiger partial charge in [-0.15, -0.1) is 0 Å². The standard InChI is InChI=1S/C21H25N3O3/c1-15(25)24-9-8-16-4-2-3-5-18(16)19(24)14-20(26)22-10-12-23(13-11-22)21(27)17-6-7-17/h2-5,8-9,17,19H,6-7,10-14H2,1H3/t19-/m1/s1. The summed E-state index contributed by atoms with van der Waals surface area (Å²) in [4.78, 5) is 42.5. The molecule has 1 saturated carbocycles. The van der Waals surface area contributed by atoms with Gasteiger partial charge in [0.2, 0.25) is 17.7 Å². The number of carbonyl (C=O) groups is 3. The number of rotatable bonds is 3. The molecule has 142 valence electrons. The van der Waals surface area contributed by atoms with Crippen molar-refractivity contribution < 1.29 is 14.4 Å². The lowest BCUT2D eigenvalue weighted by molar-refractivity contribution is -0.141. The number of hydrogen-bond donors (Lipinski definition) is 0. The van der Waals surface area contributed by atoms with E-state index in [2.05, 4.69) is 0 Å². The molecule has 6 nitrogen and oxygen atoms in total. The number of piperazine rings is 1. The molecule has 6 heteroatoms. The largest absolute Gasteiger partial charge is 0.339 e. The Hall–Kier alpha value is -2.63. The lowest BCUT2D eigenvalue weighted by atomic mass is 9.93. The Morgan fingerprint density at radius 2 is 1.67 bits per heavy atom. The van der Waals surface area contributed by atoms with Gasteiger partial charge >= 0.3 is 0 Å². The number of amides is 3. The van der Waals surface area contributed by atoms with Crippen LogP contribution >= 0.6 is 0 Å². The summed E-state index contributed by atoms with van der Waals surface area (Å²) in [5.74, 6) is 0.436. The fraction of sp³-hybridized carbons (Fsp3) is 0.476. The molecule has 2 aliphatic heterocycles.